The molecule has 0 saturated heterocycles. The van der Waals surface area contributed by atoms with Crippen molar-refractivity contribution in [2.45, 2.75) is 26.6 Å². The van der Waals surface area contributed by atoms with Crippen LogP contribution in [0.4, 0.5) is 20.3 Å². The Kier molecular flexibility index (Phi) is 6.48. The number of nitrogens with zero attached hydrogens (tertiary/aromatic N) is 3. The number of fused-ring (bicyclic) bond motifs is 1. The molecule has 9 heteroatoms. The fourth-order valence-corrected chi connectivity index (χ4v) is 3.25. The first-order valence-corrected chi connectivity index (χ1v) is 10.2. The van der Waals surface area contributed by atoms with Gasteiger partial charge in [-0.15, -0.1) is 0 Å². The fraction of sp³-hybridized carbons (Fsp3) is 0.208. The van der Waals surface area contributed by atoms with Gasteiger partial charge < -0.3 is 19.5 Å². The molecule has 33 heavy (non-hydrogen) atoms. The first-order valence-electron chi connectivity index (χ1n) is 10.2. The lowest BCUT2D eigenvalue weighted by Gasteiger charge is -2.17. The van der Waals surface area contributed by atoms with Gasteiger partial charge in [0.25, 0.3) is 0 Å². The number of ether oxygens (including phenoxy) is 3. The zero-order valence-electron chi connectivity index (χ0n) is 18.3. The Balaban J connectivity index is 1.86. The van der Waals surface area contributed by atoms with Crippen molar-refractivity contribution in [1.29, 1.82) is 0 Å². The van der Waals surface area contributed by atoms with E-state index in [0.29, 0.717) is 39.7 Å². The van der Waals surface area contributed by atoms with E-state index in [1.165, 1.54) is 12.1 Å². The van der Waals surface area contributed by atoms with Gasteiger partial charge in [-0.1, -0.05) is 6.07 Å². The van der Waals surface area contributed by atoms with Crippen LogP contribution >= 0.6 is 0 Å². The summed E-state index contributed by atoms with van der Waals surface area (Å²) in [7, 11) is 1.56. The first-order chi connectivity index (χ1) is 15.9. The lowest BCUT2D eigenvalue weighted by atomic mass is 10.1. The molecule has 0 aliphatic carbocycles. The van der Waals surface area contributed by atoms with Crippen LogP contribution in [0.5, 0.6) is 17.2 Å². The molecule has 0 aliphatic heterocycles. The molecule has 4 rings (SSSR count). The number of rotatable bonds is 8. The maximum Gasteiger partial charge on any atom is 0.387 e. The number of hydrogen-bond acceptors (Lipinski definition) is 7. The molecule has 0 amide bonds. The Bertz CT molecular complexity index is 1250. The van der Waals surface area contributed by atoms with Crippen LogP contribution in [0.2, 0.25) is 0 Å². The number of benzene rings is 2. The van der Waals surface area contributed by atoms with Gasteiger partial charge in [-0.25, -0.2) is 9.97 Å². The zero-order chi connectivity index (χ0) is 23.4. The Morgan fingerprint density at radius 2 is 1.79 bits per heavy atom. The predicted octanol–water partition coefficient (Wildman–Crippen LogP) is 5.83. The average Bonchev–Trinajstić information content (AvgIpc) is 2.79. The number of hydrogen-bond donors (Lipinski definition) is 1. The van der Waals surface area contributed by atoms with Crippen LogP contribution in [0.1, 0.15) is 13.8 Å². The summed E-state index contributed by atoms with van der Waals surface area (Å²) in [6, 6.07) is 13.5. The number of halogens is 2. The van der Waals surface area contributed by atoms with Gasteiger partial charge in [0.1, 0.15) is 11.6 Å². The number of methoxy groups -OCH3 is 1. The van der Waals surface area contributed by atoms with E-state index in [-0.39, 0.29) is 11.9 Å². The van der Waals surface area contributed by atoms with Crippen molar-refractivity contribution in [2.75, 3.05) is 12.4 Å². The highest BCUT2D eigenvalue weighted by Crippen LogP contribution is 2.37. The molecule has 170 valence electrons. The van der Waals surface area contributed by atoms with Crippen LogP contribution in [-0.4, -0.2) is 34.8 Å². The second kappa shape index (κ2) is 9.64. The SMILES string of the molecule is COc1cc2nc(-c3cccnc3)nc(Nc3cccc(OC(F)F)c3)c2cc1OC(C)C. The number of aromatic nitrogens is 3. The molecule has 0 saturated carbocycles. The predicted molar refractivity (Wildman–Crippen MR) is 121 cm³/mol. The summed E-state index contributed by atoms with van der Waals surface area (Å²) in [6.45, 7) is 0.916. The van der Waals surface area contributed by atoms with Crippen molar-refractivity contribution >= 4 is 22.4 Å². The molecule has 2 aromatic heterocycles. The molecule has 2 aromatic carbocycles. The zero-order valence-corrected chi connectivity index (χ0v) is 18.3. The lowest BCUT2D eigenvalue weighted by Crippen LogP contribution is -2.07. The fourth-order valence-electron chi connectivity index (χ4n) is 3.25. The second-order valence-electron chi connectivity index (χ2n) is 7.36. The summed E-state index contributed by atoms with van der Waals surface area (Å²) in [6.07, 6.45) is 3.25. The van der Waals surface area contributed by atoms with Gasteiger partial charge in [0, 0.05) is 41.2 Å². The average molecular weight is 452 g/mol. The molecular formula is C24H22F2N4O3. The first kappa shape index (κ1) is 22.2. The summed E-state index contributed by atoms with van der Waals surface area (Å²) in [4.78, 5) is 13.5. The van der Waals surface area contributed by atoms with E-state index in [9.17, 15) is 8.78 Å². The highest BCUT2D eigenvalue weighted by molar-refractivity contribution is 5.94. The van der Waals surface area contributed by atoms with Crippen LogP contribution in [0.25, 0.3) is 22.3 Å². The molecule has 0 fully saturated rings. The molecular weight excluding hydrogens is 430 g/mol. The maximum absolute atomic E-state index is 12.7. The third-order valence-electron chi connectivity index (χ3n) is 4.59. The smallest absolute Gasteiger partial charge is 0.387 e. The van der Waals surface area contributed by atoms with E-state index in [2.05, 4.69) is 25.0 Å². The van der Waals surface area contributed by atoms with Crippen molar-refractivity contribution in [3.63, 3.8) is 0 Å². The molecule has 0 atom stereocenters. The minimum Gasteiger partial charge on any atom is -0.493 e. The highest BCUT2D eigenvalue weighted by Gasteiger charge is 2.16. The molecule has 0 radical (unpaired) electrons. The molecule has 0 unspecified atom stereocenters. The van der Waals surface area contributed by atoms with E-state index in [0.717, 1.165) is 5.56 Å². The summed E-state index contributed by atoms with van der Waals surface area (Å²) < 4.78 is 41.2. The minimum absolute atomic E-state index is 0.0337. The molecule has 0 spiro atoms. The van der Waals surface area contributed by atoms with Gasteiger partial charge in [-0.2, -0.15) is 8.78 Å². The molecule has 0 aliphatic rings. The van der Waals surface area contributed by atoms with E-state index in [1.807, 2.05) is 19.9 Å². The number of pyridine rings is 1. The number of anilines is 2. The van der Waals surface area contributed by atoms with Gasteiger partial charge in [-0.3, -0.25) is 4.98 Å². The van der Waals surface area contributed by atoms with Gasteiger partial charge in [0.2, 0.25) is 0 Å². The van der Waals surface area contributed by atoms with Crippen LogP contribution in [-0.2, 0) is 0 Å². The monoisotopic (exact) mass is 452 g/mol. The highest BCUT2D eigenvalue weighted by atomic mass is 19.3. The van der Waals surface area contributed by atoms with Crippen molar-refractivity contribution in [3.8, 4) is 28.6 Å². The van der Waals surface area contributed by atoms with Crippen LogP contribution in [0, 0.1) is 0 Å². The Labute approximate surface area is 189 Å². The van der Waals surface area contributed by atoms with Crippen molar-refractivity contribution < 1.29 is 23.0 Å². The molecule has 1 N–H and O–H groups in total. The van der Waals surface area contributed by atoms with Gasteiger partial charge in [-0.05, 0) is 44.2 Å². The molecule has 4 aromatic rings. The van der Waals surface area contributed by atoms with Crippen LogP contribution in [0.3, 0.4) is 0 Å². The van der Waals surface area contributed by atoms with Gasteiger partial charge in [0.15, 0.2) is 17.3 Å². The Hall–Kier alpha value is -4.01. The largest absolute Gasteiger partial charge is 0.493 e. The number of nitrogens with one attached hydrogen (secondary N) is 1. The summed E-state index contributed by atoms with van der Waals surface area (Å²) in [5.41, 5.74) is 1.85. The molecule has 7 nitrogen and oxygen atoms in total. The summed E-state index contributed by atoms with van der Waals surface area (Å²) in [5.74, 6) is 2.01. The van der Waals surface area contributed by atoms with Crippen molar-refractivity contribution in [3.05, 3.63) is 60.9 Å². The van der Waals surface area contributed by atoms with Gasteiger partial charge >= 0.3 is 6.61 Å². The van der Waals surface area contributed by atoms with Crippen LogP contribution in [0.15, 0.2) is 60.9 Å². The maximum atomic E-state index is 12.7. The quantitative estimate of drug-likeness (QED) is 0.360. The minimum atomic E-state index is -2.92. The molecule has 0 bridgehead atoms. The van der Waals surface area contributed by atoms with Crippen molar-refractivity contribution in [2.24, 2.45) is 0 Å². The second-order valence-corrected chi connectivity index (χ2v) is 7.36. The third kappa shape index (κ3) is 5.25. The van der Waals surface area contributed by atoms with Crippen LogP contribution < -0.4 is 19.5 Å². The topological polar surface area (TPSA) is 78.4 Å². The Morgan fingerprint density at radius 3 is 2.48 bits per heavy atom. The summed E-state index contributed by atoms with van der Waals surface area (Å²) >= 11 is 0. The van der Waals surface area contributed by atoms with E-state index < -0.39 is 6.61 Å². The van der Waals surface area contributed by atoms with Crippen molar-refractivity contribution in [1.82, 2.24) is 15.0 Å². The molecule has 2 heterocycles. The van der Waals surface area contributed by atoms with E-state index in [1.54, 1.807) is 49.8 Å². The Morgan fingerprint density at radius 1 is 0.939 bits per heavy atom. The van der Waals surface area contributed by atoms with E-state index >= 15 is 0 Å². The van der Waals surface area contributed by atoms with E-state index in [4.69, 9.17) is 9.47 Å². The third-order valence-corrected chi connectivity index (χ3v) is 4.59. The lowest BCUT2D eigenvalue weighted by molar-refractivity contribution is -0.0498. The standard InChI is InChI=1S/C24H22F2N4O3/c1-14(2)32-21-11-18-19(12-20(21)31-3)29-22(15-6-5-9-27-13-15)30-23(18)28-16-7-4-8-17(10-16)33-24(25)26/h4-14,24H,1-3H3,(H,28,29,30). The van der Waals surface area contributed by atoms with Gasteiger partial charge in [0.05, 0.1) is 18.7 Å². The summed E-state index contributed by atoms with van der Waals surface area (Å²) in [5, 5.41) is 3.86. The number of alkyl halides is 2. The normalized spacial score (nSPS) is 11.1.